The van der Waals surface area contributed by atoms with Crippen LogP contribution in [0.2, 0.25) is 0 Å². The lowest BCUT2D eigenvalue weighted by molar-refractivity contribution is -0.127. The number of carbonyl (C=O) groups is 1. The summed E-state index contributed by atoms with van der Waals surface area (Å²) in [6, 6.07) is 6.36. The van der Waals surface area contributed by atoms with Crippen molar-refractivity contribution in [3.8, 4) is 0 Å². The number of benzene rings is 1. The van der Waals surface area contributed by atoms with Gasteiger partial charge in [0.05, 0.1) is 0 Å². The number of amides is 1. The quantitative estimate of drug-likeness (QED) is 0.379. The molecule has 0 unspecified atom stereocenters. The molecule has 0 atom stereocenters. The highest BCUT2D eigenvalue weighted by Gasteiger charge is 2.06. The normalized spacial score (nSPS) is 11.3. The molecule has 0 fully saturated rings. The average molecular weight is 363 g/mol. The maximum atomic E-state index is 11.8. The minimum Gasteiger partial charge on any atom is -0.382 e. The number of aliphatic imine (C=N–C) groups is 1. The summed E-state index contributed by atoms with van der Waals surface area (Å²) in [6.07, 6.45) is 1.81. The Hall–Kier alpha value is -2.08. The largest absolute Gasteiger partial charge is 0.382 e. The van der Waals surface area contributed by atoms with E-state index in [4.69, 9.17) is 4.74 Å². The fourth-order valence-electron chi connectivity index (χ4n) is 2.54. The van der Waals surface area contributed by atoms with Crippen molar-refractivity contribution in [2.24, 2.45) is 4.99 Å². The molecule has 0 aliphatic carbocycles. The first-order chi connectivity index (χ1) is 12.5. The van der Waals surface area contributed by atoms with Crippen LogP contribution >= 0.6 is 0 Å². The molecule has 6 nitrogen and oxygen atoms in total. The molecule has 0 radical (unpaired) electrons. The molecule has 2 N–H and O–H groups in total. The Balaban J connectivity index is 2.57. The standard InChI is InChI=1S/C20H34N4O2/c1-6-26-14-8-12-21-20(23-15-19(25)24(4)5)22-13-11-18-16(2)9-7-10-17(18)3/h7,9-10H,6,8,11-15H2,1-5H3,(H2,21,22,23). The zero-order valence-corrected chi connectivity index (χ0v) is 16.9. The van der Waals surface area contributed by atoms with Crippen molar-refractivity contribution in [1.82, 2.24) is 15.5 Å². The van der Waals surface area contributed by atoms with Crippen LogP contribution in [0.4, 0.5) is 0 Å². The molecule has 0 spiro atoms. The van der Waals surface area contributed by atoms with Crippen LogP contribution in [0.5, 0.6) is 0 Å². The third-order valence-electron chi connectivity index (χ3n) is 4.15. The zero-order valence-electron chi connectivity index (χ0n) is 16.9. The van der Waals surface area contributed by atoms with E-state index in [1.54, 1.807) is 19.0 Å². The van der Waals surface area contributed by atoms with Crippen molar-refractivity contribution in [3.05, 3.63) is 34.9 Å². The first-order valence-electron chi connectivity index (χ1n) is 9.30. The second kappa shape index (κ2) is 12.3. The summed E-state index contributed by atoms with van der Waals surface area (Å²) in [5.41, 5.74) is 3.97. The molecule has 26 heavy (non-hydrogen) atoms. The number of aryl methyl sites for hydroxylation is 2. The molecule has 1 aromatic carbocycles. The molecule has 0 aliphatic heterocycles. The topological polar surface area (TPSA) is 66.0 Å². The minimum atomic E-state index is -0.0184. The minimum absolute atomic E-state index is 0.0184. The molecule has 0 aromatic heterocycles. The van der Waals surface area contributed by atoms with Crippen molar-refractivity contribution < 1.29 is 9.53 Å². The van der Waals surface area contributed by atoms with Crippen LogP contribution in [0.3, 0.4) is 0 Å². The van der Waals surface area contributed by atoms with Crippen LogP contribution in [0.25, 0.3) is 0 Å². The second-order valence-corrected chi connectivity index (χ2v) is 6.48. The van der Waals surface area contributed by atoms with E-state index in [-0.39, 0.29) is 12.5 Å². The molecule has 1 amide bonds. The highest BCUT2D eigenvalue weighted by Crippen LogP contribution is 2.13. The lowest BCUT2D eigenvalue weighted by Gasteiger charge is -2.15. The molecule has 0 saturated heterocycles. The molecule has 146 valence electrons. The van der Waals surface area contributed by atoms with Gasteiger partial charge in [-0.3, -0.25) is 4.79 Å². The van der Waals surface area contributed by atoms with Gasteiger partial charge in [0.2, 0.25) is 5.91 Å². The van der Waals surface area contributed by atoms with E-state index in [0.29, 0.717) is 5.96 Å². The van der Waals surface area contributed by atoms with Gasteiger partial charge in [-0.25, -0.2) is 4.99 Å². The van der Waals surface area contributed by atoms with Gasteiger partial charge in [0.25, 0.3) is 0 Å². The van der Waals surface area contributed by atoms with Crippen molar-refractivity contribution in [1.29, 1.82) is 0 Å². The lowest BCUT2D eigenvalue weighted by atomic mass is 10.0. The highest BCUT2D eigenvalue weighted by molar-refractivity contribution is 5.84. The van der Waals surface area contributed by atoms with E-state index in [0.717, 1.165) is 39.1 Å². The predicted octanol–water partition coefficient (Wildman–Crippen LogP) is 1.90. The maximum absolute atomic E-state index is 11.8. The first kappa shape index (κ1) is 22.0. The summed E-state index contributed by atoms with van der Waals surface area (Å²) >= 11 is 0. The van der Waals surface area contributed by atoms with Crippen molar-refractivity contribution in [3.63, 3.8) is 0 Å². The van der Waals surface area contributed by atoms with Crippen LogP contribution in [-0.4, -0.2) is 63.7 Å². The number of carbonyl (C=O) groups excluding carboxylic acids is 1. The predicted molar refractivity (Wildman–Crippen MR) is 108 cm³/mol. The van der Waals surface area contributed by atoms with Gasteiger partial charge in [-0.05, 0) is 50.3 Å². The molecule has 0 aliphatic rings. The number of hydrogen-bond donors (Lipinski definition) is 2. The zero-order chi connectivity index (χ0) is 19.4. The molecule has 1 rings (SSSR count). The van der Waals surface area contributed by atoms with E-state index in [1.165, 1.54) is 16.7 Å². The van der Waals surface area contributed by atoms with Crippen LogP contribution in [0.1, 0.15) is 30.0 Å². The summed E-state index contributed by atoms with van der Waals surface area (Å²) in [7, 11) is 3.48. The Kier molecular flexibility index (Phi) is 10.4. The molecule has 0 saturated carbocycles. The van der Waals surface area contributed by atoms with Gasteiger partial charge in [-0.1, -0.05) is 18.2 Å². The van der Waals surface area contributed by atoms with Crippen molar-refractivity contribution >= 4 is 11.9 Å². The molecule has 0 bridgehead atoms. The van der Waals surface area contributed by atoms with Gasteiger partial charge in [-0.15, -0.1) is 0 Å². The molecular weight excluding hydrogens is 328 g/mol. The van der Waals surface area contributed by atoms with Crippen LogP contribution in [0, 0.1) is 13.8 Å². The van der Waals surface area contributed by atoms with Crippen molar-refractivity contribution in [2.45, 2.75) is 33.6 Å². The van der Waals surface area contributed by atoms with Gasteiger partial charge >= 0.3 is 0 Å². The summed E-state index contributed by atoms with van der Waals surface area (Å²) < 4.78 is 5.35. The molecule has 1 aromatic rings. The summed E-state index contributed by atoms with van der Waals surface area (Å²) in [6.45, 7) is 9.37. The number of nitrogens with one attached hydrogen (secondary N) is 2. The number of nitrogens with zero attached hydrogens (tertiary/aromatic N) is 2. The van der Waals surface area contributed by atoms with Crippen LogP contribution < -0.4 is 10.6 Å². The second-order valence-electron chi connectivity index (χ2n) is 6.48. The third-order valence-corrected chi connectivity index (χ3v) is 4.15. The SMILES string of the molecule is CCOCCCNC(=NCC(=O)N(C)C)NCCc1c(C)cccc1C. The number of ether oxygens (including phenoxy) is 1. The third kappa shape index (κ3) is 8.34. The van der Waals surface area contributed by atoms with Gasteiger partial charge in [0.15, 0.2) is 5.96 Å². The Bertz CT molecular complexity index is 565. The first-order valence-corrected chi connectivity index (χ1v) is 9.30. The fourth-order valence-corrected chi connectivity index (χ4v) is 2.54. The van der Waals surface area contributed by atoms with E-state index in [1.807, 2.05) is 6.92 Å². The van der Waals surface area contributed by atoms with Gasteiger partial charge in [-0.2, -0.15) is 0 Å². The lowest BCUT2D eigenvalue weighted by Crippen LogP contribution is -2.40. The van der Waals surface area contributed by atoms with E-state index in [9.17, 15) is 4.79 Å². The van der Waals surface area contributed by atoms with Gasteiger partial charge in [0, 0.05) is 40.4 Å². The Morgan fingerprint density at radius 2 is 1.81 bits per heavy atom. The van der Waals surface area contributed by atoms with Crippen LogP contribution in [0.15, 0.2) is 23.2 Å². The summed E-state index contributed by atoms with van der Waals surface area (Å²) in [5, 5.41) is 6.61. The van der Waals surface area contributed by atoms with Gasteiger partial charge < -0.3 is 20.3 Å². The highest BCUT2D eigenvalue weighted by atomic mass is 16.5. The summed E-state index contributed by atoms with van der Waals surface area (Å²) in [5.74, 6) is 0.651. The van der Waals surface area contributed by atoms with Crippen molar-refractivity contribution in [2.75, 3.05) is 46.9 Å². The van der Waals surface area contributed by atoms with Crippen LogP contribution in [-0.2, 0) is 16.0 Å². The number of likely N-dealkylation sites (N-methyl/N-ethyl adjacent to an activating group) is 1. The number of rotatable bonds is 10. The average Bonchev–Trinajstić information content (AvgIpc) is 2.60. The Morgan fingerprint density at radius 1 is 1.15 bits per heavy atom. The molecular formula is C20H34N4O2. The number of guanidine groups is 1. The smallest absolute Gasteiger partial charge is 0.243 e. The summed E-state index contributed by atoms with van der Waals surface area (Å²) in [4.78, 5) is 17.7. The molecule has 0 heterocycles. The van der Waals surface area contributed by atoms with E-state index < -0.39 is 0 Å². The maximum Gasteiger partial charge on any atom is 0.243 e. The molecule has 6 heteroatoms. The van der Waals surface area contributed by atoms with E-state index in [2.05, 4.69) is 47.7 Å². The fraction of sp³-hybridized carbons (Fsp3) is 0.600. The number of hydrogen-bond acceptors (Lipinski definition) is 3. The Labute approximate surface area is 158 Å². The Morgan fingerprint density at radius 3 is 2.42 bits per heavy atom. The monoisotopic (exact) mass is 362 g/mol. The van der Waals surface area contributed by atoms with E-state index >= 15 is 0 Å². The van der Waals surface area contributed by atoms with Gasteiger partial charge in [0.1, 0.15) is 6.54 Å².